The number of ether oxygens (including phenoxy) is 1. The summed E-state index contributed by atoms with van der Waals surface area (Å²) in [5.74, 6) is -1.22. The van der Waals surface area contributed by atoms with Gasteiger partial charge in [0, 0.05) is 0 Å². The van der Waals surface area contributed by atoms with E-state index < -0.39 is 45.8 Å². The van der Waals surface area contributed by atoms with Crippen LogP contribution >= 0.6 is 7.82 Å². The largest absolute Gasteiger partial charge is 0.469 e. The molecule has 9 nitrogen and oxygen atoms in total. The number of aliphatic hydroxyl groups excluding tert-OH is 3. The molecule has 0 aliphatic rings. The molecule has 0 aliphatic carbocycles. The topological polar surface area (TPSA) is 154 Å². The number of carbonyl (C=O) groups is 1. The van der Waals surface area contributed by atoms with Crippen molar-refractivity contribution < 1.29 is 43.7 Å². The first-order valence-corrected chi connectivity index (χ1v) is 5.63. The van der Waals surface area contributed by atoms with Crippen LogP contribution < -0.4 is 0 Å². The zero-order valence-electron chi connectivity index (χ0n) is 8.09. The maximum atomic E-state index is 10.9. The van der Waals surface area contributed by atoms with E-state index >= 15 is 0 Å². The Bertz CT molecular complexity index is 261. The average Bonchev–Trinajstić information content (AvgIpc) is 2.20. The second kappa shape index (κ2) is 6.92. The minimum atomic E-state index is -4.76. The van der Waals surface area contributed by atoms with Crippen LogP contribution in [-0.4, -0.2) is 63.1 Å². The third kappa shape index (κ3) is 7.71. The Morgan fingerprint density at radius 1 is 1.25 bits per heavy atom. The summed E-state index contributed by atoms with van der Waals surface area (Å²) in [6.45, 7) is -2.09. The van der Waals surface area contributed by atoms with Gasteiger partial charge in [0.15, 0.2) is 6.10 Å². The number of hydrogen-bond donors (Lipinski definition) is 5. The van der Waals surface area contributed by atoms with Crippen LogP contribution in [0.2, 0.25) is 0 Å². The lowest BCUT2D eigenvalue weighted by molar-refractivity contribution is -0.158. The fourth-order valence-electron chi connectivity index (χ4n) is 0.563. The normalized spacial score (nSPS) is 15.6. The van der Waals surface area contributed by atoms with Gasteiger partial charge in [-0.1, -0.05) is 0 Å². The molecule has 0 amide bonds. The molecule has 0 bridgehead atoms. The van der Waals surface area contributed by atoms with Crippen molar-refractivity contribution in [1.82, 2.24) is 0 Å². The van der Waals surface area contributed by atoms with E-state index in [9.17, 15) is 9.36 Å². The highest BCUT2D eigenvalue weighted by molar-refractivity contribution is 7.46. The molecule has 5 N–H and O–H groups in total. The summed E-state index contributed by atoms with van der Waals surface area (Å²) in [5, 5.41) is 26.1. The number of aliphatic hydroxyl groups is 3. The van der Waals surface area contributed by atoms with E-state index in [0.29, 0.717) is 0 Å². The highest BCUT2D eigenvalue weighted by atomic mass is 31.2. The number of phosphoric ester groups is 1. The number of rotatable bonds is 7. The minimum absolute atomic E-state index is 0.539. The van der Waals surface area contributed by atoms with Gasteiger partial charge in [-0.05, 0) is 0 Å². The second-order valence-corrected chi connectivity index (χ2v) is 4.01. The molecule has 0 aliphatic heterocycles. The van der Waals surface area contributed by atoms with Gasteiger partial charge in [0.1, 0.15) is 12.7 Å². The van der Waals surface area contributed by atoms with Crippen molar-refractivity contribution in [1.29, 1.82) is 0 Å². The molecular formula is C6H13O9P. The Morgan fingerprint density at radius 3 is 2.25 bits per heavy atom. The lowest BCUT2D eigenvalue weighted by Crippen LogP contribution is -2.31. The van der Waals surface area contributed by atoms with Crippen molar-refractivity contribution in [2.45, 2.75) is 12.2 Å². The van der Waals surface area contributed by atoms with E-state index in [1.165, 1.54) is 0 Å². The van der Waals surface area contributed by atoms with Gasteiger partial charge in [-0.3, -0.25) is 4.52 Å². The molecule has 0 saturated carbocycles. The Labute approximate surface area is 90.5 Å². The lowest BCUT2D eigenvalue weighted by atomic mass is 10.4. The average molecular weight is 260 g/mol. The highest BCUT2D eigenvalue weighted by Gasteiger charge is 2.23. The summed E-state index contributed by atoms with van der Waals surface area (Å²) in [5.41, 5.74) is 0. The van der Waals surface area contributed by atoms with Crippen molar-refractivity contribution in [3.63, 3.8) is 0 Å². The van der Waals surface area contributed by atoms with Crippen molar-refractivity contribution in [3.05, 3.63) is 0 Å². The van der Waals surface area contributed by atoms with Gasteiger partial charge in [0.25, 0.3) is 0 Å². The molecule has 10 heteroatoms. The zero-order chi connectivity index (χ0) is 12.8. The molecule has 0 spiro atoms. The molecule has 0 aromatic heterocycles. The van der Waals surface area contributed by atoms with Gasteiger partial charge in [0.2, 0.25) is 0 Å². The van der Waals surface area contributed by atoms with Crippen molar-refractivity contribution in [3.8, 4) is 0 Å². The highest BCUT2D eigenvalue weighted by Crippen LogP contribution is 2.35. The van der Waals surface area contributed by atoms with Crippen LogP contribution in [-0.2, 0) is 18.6 Å². The molecule has 2 atom stereocenters. The first kappa shape index (κ1) is 15.5. The summed E-state index contributed by atoms with van der Waals surface area (Å²) >= 11 is 0. The monoisotopic (exact) mass is 260 g/mol. The molecule has 0 aromatic rings. The van der Waals surface area contributed by atoms with Gasteiger partial charge >= 0.3 is 13.8 Å². The molecule has 0 fully saturated rings. The van der Waals surface area contributed by atoms with E-state index in [-0.39, 0.29) is 0 Å². The smallest absolute Gasteiger partial charge is 0.461 e. The van der Waals surface area contributed by atoms with Gasteiger partial charge < -0.3 is 29.8 Å². The number of phosphoric acid groups is 1. The number of hydrogen-bond acceptors (Lipinski definition) is 7. The van der Waals surface area contributed by atoms with Crippen LogP contribution in [0.5, 0.6) is 0 Å². The lowest BCUT2D eigenvalue weighted by Gasteiger charge is -2.13. The third-order valence-electron chi connectivity index (χ3n) is 1.30. The maximum absolute atomic E-state index is 10.9. The summed E-state index contributed by atoms with van der Waals surface area (Å²) in [6, 6.07) is 0. The molecule has 0 saturated heterocycles. The van der Waals surface area contributed by atoms with E-state index in [1.807, 2.05) is 0 Å². The van der Waals surface area contributed by atoms with Gasteiger partial charge in [0.05, 0.1) is 13.2 Å². The molecule has 0 radical (unpaired) electrons. The molecule has 16 heavy (non-hydrogen) atoms. The van der Waals surface area contributed by atoms with Crippen molar-refractivity contribution in [2.24, 2.45) is 0 Å². The first-order chi connectivity index (χ1) is 7.26. The Balaban J connectivity index is 3.86. The first-order valence-electron chi connectivity index (χ1n) is 4.10. The maximum Gasteiger partial charge on any atom is 0.469 e. The van der Waals surface area contributed by atoms with Crippen LogP contribution in [0.4, 0.5) is 0 Å². The van der Waals surface area contributed by atoms with Gasteiger partial charge in [-0.15, -0.1) is 0 Å². The summed E-state index contributed by atoms with van der Waals surface area (Å²) in [6.07, 6.45) is -3.16. The van der Waals surface area contributed by atoms with Crippen molar-refractivity contribution >= 4 is 13.8 Å². The summed E-state index contributed by atoms with van der Waals surface area (Å²) < 4.78 is 18.3. The quantitative estimate of drug-likeness (QED) is 0.244. The fraction of sp³-hybridized carbons (Fsp3) is 0.833. The second-order valence-electron chi connectivity index (χ2n) is 2.77. The van der Waals surface area contributed by atoms with Crippen LogP contribution in [0.15, 0.2) is 0 Å². The molecular weight excluding hydrogens is 247 g/mol. The van der Waals surface area contributed by atoms with Crippen molar-refractivity contribution in [2.75, 3.05) is 19.8 Å². The Morgan fingerprint density at radius 2 is 1.81 bits per heavy atom. The molecule has 0 heterocycles. The predicted molar refractivity (Wildman–Crippen MR) is 48.1 cm³/mol. The zero-order valence-corrected chi connectivity index (χ0v) is 8.99. The van der Waals surface area contributed by atoms with E-state index in [4.69, 9.17) is 25.1 Å². The predicted octanol–water partition coefficient (Wildman–Crippen LogP) is -2.65. The molecule has 0 aromatic carbocycles. The van der Waals surface area contributed by atoms with Crippen LogP contribution in [0.3, 0.4) is 0 Å². The molecule has 96 valence electrons. The van der Waals surface area contributed by atoms with Crippen LogP contribution in [0.1, 0.15) is 0 Å². The Hall–Kier alpha value is -0.540. The van der Waals surface area contributed by atoms with E-state index in [2.05, 4.69) is 9.26 Å². The summed E-state index contributed by atoms with van der Waals surface area (Å²) in [4.78, 5) is 27.4. The third-order valence-corrected chi connectivity index (χ3v) is 1.79. The molecule has 2 unspecified atom stereocenters. The standard InChI is InChI=1S/C6H13O9P/c7-1-4(8)2-14-6(10)5(9)3-15-16(11,12)13/h4-5,7-9H,1-3H2,(H2,11,12,13). The van der Waals surface area contributed by atoms with E-state index in [1.54, 1.807) is 0 Å². The number of carbonyl (C=O) groups excluding carboxylic acids is 1. The molecule has 0 rings (SSSR count). The summed E-state index contributed by atoms with van der Waals surface area (Å²) in [7, 11) is -4.76. The van der Waals surface area contributed by atoms with E-state index in [0.717, 1.165) is 0 Å². The number of esters is 1. The van der Waals surface area contributed by atoms with Gasteiger partial charge in [-0.25, -0.2) is 9.36 Å². The SMILES string of the molecule is O=C(OCC(O)CO)C(O)COP(=O)(O)O. The minimum Gasteiger partial charge on any atom is -0.461 e. The fourth-order valence-corrected chi connectivity index (χ4v) is 0.898. The van der Waals surface area contributed by atoms with Crippen LogP contribution in [0, 0.1) is 0 Å². The van der Waals surface area contributed by atoms with Crippen LogP contribution in [0.25, 0.3) is 0 Å². The van der Waals surface area contributed by atoms with Gasteiger partial charge in [-0.2, -0.15) is 0 Å². The Kier molecular flexibility index (Phi) is 6.68.